The molecule has 0 saturated carbocycles. The van der Waals surface area contributed by atoms with Crippen molar-refractivity contribution >= 4 is 17.4 Å². The van der Waals surface area contributed by atoms with Crippen molar-refractivity contribution in [1.29, 1.82) is 0 Å². The zero-order valence-electron chi connectivity index (χ0n) is 14.8. The maximum absolute atomic E-state index is 4.82. The number of imidazole rings is 1. The Hall–Kier alpha value is -3.47. The summed E-state index contributed by atoms with van der Waals surface area (Å²) in [7, 11) is 0. The van der Waals surface area contributed by atoms with Crippen molar-refractivity contribution in [3.05, 3.63) is 97.1 Å². The van der Waals surface area contributed by atoms with Gasteiger partial charge in [0.1, 0.15) is 11.5 Å². The van der Waals surface area contributed by atoms with E-state index in [4.69, 9.17) is 4.98 Å². The van der Waals surface area contributed by atoms with Gasteiger partial charge in [-0.25, -0.2) is 4.98 Å². The van der Waals surface area contributed by atoms with Crippen LogP contribution < -0.4 is 5.32 Å². The van der Waals surface area contributed by atoms with E-state index in [9.17, 15) is 0 Å². The summed E-state index contributed by atoms with van der Waals surface area (Å²) in [6.07, 6.45) is 11.5. The van der Waals surface area contributed by atoms with E-state index in [-0.39, 0.29) is 0 Å². The van der Waals surface area contributed by atoms with Gasteiger partial charge in [0.25, 0.3) is 0 Å². The van der Waals surface area contributed by atoms with E-state index in [1.54, 1.807) is 30.9 Å². The lowest BCUT2D eigenvalue weighted by Crippen LogP contribution is -2.09. The van der Waals surface area contributed by atoms with Crippen LogP contribution in [0.1, 0.15) is 24.0 Å². The number of aliphatic imine (C=N–C) groups is 1. The first-order chi connectivity index (χ1) is 12.7. The van der Waals surface area contributed by atoms with Crippen molar-refractivity contribution in [1.82, 2.24) is 19.7 Å². The van der Waals surface area contributed by atoms with Crippen molar-refractivity contribution in [2.75, 3.05) is 0 Å². The lowest BCUT2D eigenvalue weighted by molar-refractivity contribution is 0.955. The van der Waals surface area contributed by atoms with Gasteiger partial charge in [0.2, 0.25) is 0 Å². The molecule has 0 atom stereocenters. The van der Waals surface area contributed by atoms with Crippen molar-refractivity contribution in [3.8, 4) is 0 Å². The van der Waals surface area contributed by atoms with Crippen LogP contribution in [-0.4, -0.2) is 20.6 Å². The Bertz CT molecular complexity index is 980. The minimum atomic E-state index is 0.699. The number of allylic oxidation sites excluding steroid dienone is 1. The molecule has 3 aromatic rings. The Morgan fingerprint density at radius 3 is 2.81 bits per heavy atom. The highest BCUT2D eigenvalue weighted by atomic mass is 15.0. The molecule has 0 radical (unpaired) electrons. The van der Waals surface area contributed by atoms with E-state index in [1.807, 2.05) is 43.5 Å². The third-order valence-corrected chi connectivity index (χ3v) is 3.84. The molecular formula is C21H21N5. The summed E-state index contributed by atoms with van der Waals surface area (Å²) in [5.41, 5.74) is 4.37. The highest BCUT2D eigenvalue weighted by Gasteiger charge is 2.13. The quantitative estimate of drug-likeness (QED) is 0.521. The van der Waals surface area contributed by atoms with Crippen LogP contribution >= 0.6 is 0 Å². The minimum absolute atomic E-state index is 0.699. The van der Waals surface area contributed by atoms with Crippen molar-refractivity contribution in [2.45, 2.75) is 13.3 Å². The molecule has 3 aromatic heterocycles. The molecule has 3 rings (SSSR count). The molecule has 0 bridgehead atoms. The molecule has 0 aromatic carbocycles. The van der Waals surface area contributed by atoms with Crippen LogP contribution in [-0.2, 0) is 6.42 Å². The smallest absolute Gasteiger partial charge is 0.118 e. The second-order valence-electron chi connectivity index (χ2n) is 5.72. The third kappa shape index (κ3) is 3.95. The fraction of sp³-hybridized carbons (Fsp3) is 0.0952. The first-order valence-corrected chi connectivity index (χ1v) is 8.33. The number of pyridine rings is 2. The summed E-state index contributed by atoms with van der Waals surface area (Å²) < 4.78 is 2.09. The molecule has 0 saturated heterocycles. The zero-order valence-corrected chi connectivity index (χ0v) is 14.8. The minimum Gasteiger partial charge on any atom is -0.355 e. The number of aromatic nitrogens is 3. The summed E-state index contributed by atoms with van der Waals surface area (Å²) in [5.74, 6) is 0.946. The molecule has 0 aliphatic rings. The summed E-state index contributed by atoms with van der Waals surface area (Å²) in [4.78, 5) is 12.9. The summed E-state index contributed by atoms with van der Waals surface area (Å²) in [6.45, 7) is 9.97. The second kappa shape index (κ2) is 8.07. The van der Waals surface area contributed by atoms with E-state index in [2.05, 4.69) is 32.9 Å². The molecule has 0 fully saturated rings. The van der Waals surface area contributed by atoms with E-state index < -0.39 is 0 Å². The monoisotopic (exact) mass is 343 g/mol. The van der Waals surface area contributed by atoms with Crippen LogP contribution in [0, 0.1) is 0 Å². The molecule has 0 aliphatic carbocycles. The first kappa shape index (κ1) is 17.4. The molecule has 0 aliphatic heterocycles. The fourth-order valence-electron chi connectivity index (χ4n) is 2.65. The van der Waals surface area contributed by atoms with Crippen LogP contribution in [0.25, 0.3) is 11.2 Å². The molecule has 130 valence electrons. The van der Waals surface area contributed by atoms with Crippen LogP contribution in [0.4, 0.5) is 0 Å². The largest absolute Gasteiger partial charge is 0.355 e. The Kier molecular flexibility index (Phi) is 5.39. The van der Waals surface area contributed by atoms with Gasteiger partial charge in [-0.2, -0.15) is 0 Å². The molecule has 26 heavy (non-hydrogen) atoms. The Balaban J connectivity index is 1.89. The Morgan fingerprint density at radius 1 is 1.23 bits per heavy atom. The zero-order chi connectivity index (χ0) is 18.4. The van der Waals surface area contributed by atoms with Crippen LogP contribution in [0.15, 0.2) is 85.0 Å². The Morgan fingerprint density at radius 2 is 2.04 bits per heavy atom. The number of nitrogens with one attached hydrogen (secondary N) is 1. The average molecular weight is 343 g/mol. The van der Waals surface area contributed by atoms with E-state index in [0.29, 0.717) is 17.8 Å². The van der Waals surface area contributed by atoms with Gasteiger partial charge in [-0.3, -0.25) is 9.98 Å². The van der Waals surface area contributed by atoms with Crippen molar-refractivity contribution in [3.63, 3.8) is 0 Å². The predicted octanol–water partition coefficient (Wildman–Crippen LogP) is 4.00. The highest BCUT2D eigenvalue weighted by molar-refractivity contribution is 5.75. The predicted molar refractivity (Wildman–Crippen MR) is 107 cm³/mol. The second-order valence-corrected chi connectivity index (χ2v) is 5.72. The fourth-order valence-corrected chi connectivity index (χ4v) is 2.65. The lowest BCUT2D eigenvalue weighted by atomic mass is 10.2. The molecule has 0 unspecified atom stereocenters. The molecule has 1 N–H and O–H groups in total. The number of rotatable bonds is 7. The molecule has 5 heteroatoms. The SMILES string of the molecule is C=C(/C=C\N=CC)NC(=C)c1nc(Cc2ccncc2)n2ccccc12. The number of nitrogens with zero attached hydrogens (tertiary/aromatic N) is 4. The van der Waals surface area contributed by atoms with E-state index >= 15 is 0 Å². The summed E-state index contributed by atoms with van der Waals surface area (Å²) in [5, 5.41) is 3.19. The Labute approximate surface area is 153 Å². The summed E-state index contributed by atoms with van der Waals surface area (Å²) in [6, 6.07) is 10.0. The van der Waals surface area contributed by atoms with Crippen LogP contribution in [0.5, 0.6) is 0 Å². The van der Waals surface area contributed by atoms with Crippen molar-refractivity contribution in [2.24, 2.45) is 4.99 Å². The third-order valence-electron chi connectivity index (χ3n) is 3.84. The maximum Gasteiger partial charge on any atom is 0.118 e. The van der Waals surface area contributed by atoms with E-state index in [1.165, 1.54) is 0 Å². The standard InChI is InChI=1S/C21H21N5/c1-4-22-11-8-16(2)24-17(3)21-19-7-5-6-14-26(19)20(25-21)15-18-9-12-23-13-10-18/h4-14,24H,2-3,15H2,1H3/b11-8-,22-4?. The first-order valence-electron chi connectivity index (χ1n) is 8.33. The van der Waals surface area contributed by atoms with Gasteiger partial charge in [0.15, 0.2) is 0 Å². The van der Waals surface area contributed by atoms with Gasteiger partial charge in [-0.1, -0.05) is 19.2 Å². The molecule has 3 heterocycles. The van der Waals surface area contributed by atoms with Gasteiger partial charge in [0, 0.05) is 43.1 Å². The van der Waals surface area contributed by atoms with Crippen LogP contribution in [0.2, 0.25) is 0 Å². The van der Waals surface area contributed by atoms with Gasteiger partial charge in [-0.05, 0) is 42.8 Å². The lowest BCUT2D eigenvalue weighted by Gasteiger charge is -2.07. The highest BCUT2D eigenvalue weighted by Crippen LogP contribution is 2.21. The number of fused-ring (bicyclic) bond motifs is 1. The van der Waals surface area contributed by atoms with E-state index in [0.717, 1.165) is 22.6 Å². The topological polar surface area (TPSA) is 54.6 Å². The molecule has 0 amide bonds. The average Bonchev–Trinajstić information content (AvgIpc) is 3.02. The molecule has 5 nitrogen and oxygen atoms in total. The van der Waals surface area contributed by atoms with Gasteiger partial charge >= 0.3 is 0 Å². The molecular weight excluding hydrogens is 322 g/mol. The van der Waals surface area contributed by atoms with Crippen LogP contribution in [0.3, 0.4) is 0 Å². The van der Waals surface area contributed by atoms with Crippen molar-refractivity contribution < 1.29 is 0 Å². The number of hydrogen-bond donors (Lipinski definition) is 1. The van der Waals surface area contributed by atoms with Gasteiger partial charge in [0.05, 0.1) is 11.2 Å². The summed E-state index contributed by atoms with van der Waals surface area (Å²) >= 11 is 0. The maximum atomic E-state index is 4.82. The normalized spacial score (nSPS) is 11.4. The van der Waals surface area contributed by atoms with Gasteiger partial charge in [-0.15, -0.1) is 0 Å². The number of hydrogen-bond acceptors (Lipinski definition) is 4. The van der Waals surface area contributed by atoms with Gasteiger partial charge < -0.3 is 9.72 Å². The molecule has 0 spiro atoms.